The molecule has 1 aromatic rings. The highest BCUT2D eigenvalue weighted by molar-refractivity contribution is 7.93. The number of ether oxygens (including phenoxy) is 1. The van der Waals surface area contributed by atoms with E-state index in [1.165, 1.54) is 0 Å². The van der Waals surface area contributed by atoms with Gasteiger partial charge >= 0.3 is 0 Å². The molecular weight excluding hydrogens is 330 g/mol. The van der Waals surface area contributed by atoms with E-state index >= 15 is 0 Å². The maximum Gasteiger partial charge on any atom is 0.241 e. The SMILES string of the molecule is CC(C)Oc1ccc(NS(=O)(=O)CC(=O)N2CCNCC2C)cc1. The lowest BCUT2D eigenvalue weighted by molar-refractivity contribution is -0.131. The van der Waals surface area contributed by atoms with Gasteiger partial charge in [-0.15, -0.1) is 0 Å². The van der Waals surface area contributed by atoms with Gasteiger partial charge in [0.1, 0.15) is 11.5 Å². The minimum Gasteiger partial charge on any atom is -0.491 e. The highest BCUT2D eigenvalue weighted by Crippen LogP contribution is 2.18. The number of nitrogens with zero attached hydrogens (tertiary/aromatic N) is 1. The molecule has 7 nitrogen and oxygen atoms in total. The number of benzene rings is 1. The Morgan fingerprint density at radius 1 is 1.38 bits per heavy atom. The van der Waals surface area contributed by atoms with Crippen molar-refractivity contribution in [1.29, 1.82) is 0 Å². The third-order valence-electron chi connectivity index (χ3n) is 3.63. The minimum absolute atomic E-state index is 0.00563. The van der Waals surface area contributed by atoms with Gasteiger partial charge in [0.25, 0.3) is 0 Å². The van der Waals surface area contributed by atoms with Gasteiger partial charge in [-0.25, -0.2) is 8.42 Å². The van der Waals surface area contributed by atoms with E-state index < -0.39 is 15.8 Å². The van der Waals surface area contributed by atoms with E-state index in [-0.39, 0.29) is 18.1 Å². The predicted molar refractivity (Wildman–Crippen MR) is 93.7 cm³/mol. The molecule has 0 spiro atoms. The second-order valence-electron chi connectivity index (χ2n) is 6.19. The fourth-order valence-corrected chi connectivity index (χ4v) is 3.60. The average molecular weight is 355 g/mol. The van der Waals surface area contributed by atoms with Crippen molar-refractivity contribution in [3.05, 3.63) is 24.3 Å². The van der Waals surface area contributed by atoms with Crippen LogP contribution < -0.4 is 14.8 Å². The molecular formula is C16H25N3O4S. The number of rotatable bonds is 6. The van der Waals surface area contributed by atoms with Crippen LogP contribution >= 0.6 is 0 Å². The highest BCUT2D eigenvalue weighted by atomic mass is 32.2. The van der Waals surface area contributed by atoms with Crippen LogP contribution in [0.2, 0.25) is 0 Å². The molecule has 1 aromatic carbocycles. The summed E-state index contributed by atoms with van der Waals surface area (Å²) in [6.07, 6.45) is 0.0474. The fourth-order valence-electron chi connectivity index (χ4n) is 2.55. The summed E-state index contributed by atoms with van der Waals surface area (Å²) in [6, 6.07) is 6.62. The van der Waals surface area contributed by atoms with Crippen molar-refractivity contribution in [2.24, 2.45) is 0 Å². The van der Waals surface area contributed by atoms with Crippen LogP contribution in [0.3, 0.4) is 0 Å². The van der Waals surface area contributed by atoms with E-state index in [1.54, 1.807) is 29.2 Å². The van der Waals surface area contributed by atoms with Crippen LogP contribution in [-0.2, 0) is 14.8 Å². The summed E-state index contributed by atoms with van der Waals surface area (Å²) in [7, 11) is -3.74. The van der Waals surface area contributed by atoms with Gasteiger partial charge in [0.05, 0.1) is 6.10 Å². The monoisotopic (exact) mass is 355 g/mol. The number of carbonyl (C=O) groups excluding carboxylic acids is 1. The molecule has 0 bridgehead atoms. The van der Waals surface area contributed by atoms with Crippen LogP contribution in [0.5, 0.6) is 5.75 Å². The number of hydrogen-bond acceptors (Lipinski definition) is 5. The summed E-state index contributed by atoms with van der Waals surface area (Å²) in [6.45, 7) is 7.62. The lowest BCUT2D eigenvalue weighted by Crippen LogP contribution is -2.53. The second-order valence-corrected chi connectivity index (χ2v) is 7.91. The van der Waals surface area contributed by atoms with Crippen molar-refractivity contribution in [3.8, 4) is 5.75 Å². The van der Waals surface area contributed by atoms with Crippen LogP contribution in [0.15, 0.2) is 24.3 Å². The van der Waals surface area contributed by atoms with E-state index in [4.69, 9.17) is 4.74 Å². The first-order chi connectivity index (χ1) is 11.3. The molecule has 1 aliphatic heterocycles. The zero-order valence-electron chi connectivity index (χ0n) is 14.3. The van der Waals surface area contributed by atoms with Crippen LogP contribution in [0.25, 0.3) is 0 Å². The van der Waals surface area contributed by atoms with Gasteiger partial charge in [0.2, 0.25) is 15.9 Å². The number of nitrogens with one attached hydrogen (secondary N) is 2. The van der Waals surface area contributed by atoms with E-state index in [0.29, 0.717) is 31.1 Å². The molecule has 0 aromatic heterocycles. The molecule has 1 unspecified atom stereocenters. The van der Waals surface area contributed by atoms with Gasteiger partial charge < -0.3 is 15.0 Å². The molecule has 134 valence electrons. The van der Waals surface area contributed by atoms with Gasteiger partial charge in [-0.05, 0) is 45.0 Å². The fraction of sp³-hybridized carbons (Fsp3) is 0.562. The van der Waals surface area contributed by atoms with Crippen molar-refractivity contribution >= 4 is 21.6 Å². The summed E-state index contributed by atoms with van der Waals surface area (Å²) in [5.74, 6) is -0.267. The Bertz CT molecular complexity index is 658. The Kier molecular flexibility index (Phi) is 6.06. The Morgan fingerprint density at radius 2 is 2.04 bits per heavy atom. The quantitative estimate of drug-likeness (QED) is 0.796. The van der Waals surface area contributed by atoms with Crippen LogP contribution in [0.4, 0.5) is 5.69 Å². The van der Waals surface area contributed by atoms with Gasteiger partial charge in [0, 0.05) is 31.4 Å². The van der Waals surface area contributed by atoms with Crippen molar-refractivity contribution in [1.82, 2.24) is 10.2 Å². The third-order valence-corrected chi connectivity index (χ3v) is 4.81. The number of amides is 1. The molecule has 1 aliphatic rings. The van der Waals surface area contributed by atoms with E-state index in [1.807, 2.05) is 20.8 Å². The molecule has 1 saturated heterocycles. The van der Waals surface area contributed by atoms with Crippen molar-refractivity contribution in [2.75, 3.05) is 30.1 Å². The predicted octanol–water partition coefficient (Wildman–Crippen LogP) is 1.04. The minimum atomic E-state index is -3.74. The summed E-state index contributed by atoms with van der Waals surface area (Å²) in [5, 5.41) is 3.17. The average Bonchev–Trinajstić information content (AvgIpc) is 2.48. The Balaban J connectivity index is 1.96. The Morgan fingerprint density at radius 3 is 2.62 bits per heavy atom. The summed E-state index contributed by atoms with van der Waals surface area (Å²) in [4.78, 5) is 13.9. The molecule has 0 saturated carbocycles. The van der Waals surface area contributed by atoms with E-state index in [0.717, 1.165) is 0 Å². The van der Waals surface area contributed by atoms with Crippen LogP contribution in [0, 0.1) is 0 Å². The van der Waals surface area contributed by atoms with Crippen molar-refractivity contribution < 1.29 is 17.9 Å². The Labute approximate surface area is 143 Å². The number of anilines is 1. The molecule has 1 amide bonds. The molecule has 0 radical (unpaired) electrons. The standard InChI is InChI=1S/C16H25N3O4S/c1-12(2)23-15-6-4-14(5-7-15)18-24(21,22)11-16(20)19-9-8-17-10-13(19)3/h4-7,12-13,17-18H,8-11H2,1-3H3. The van der Waals surface area contributed by atoms with Crippen molar-refractivity contribution in [2.45, 2.75) is 32.9 Å². The van der Waals surface area contributed by atoms with E-state index in [9.17, 15) is 13.2 Å². The first-order valence-corrected chi connectivity index (χ1v) is 9.69. The van der Waals surface area contributed by atoms with Gasteiger partial charge in [-0.3, -0.25) is 9.52 Å². The first-order valence-electron chi connectivity index (χ1n) is 8.04. The number of carbonyl (C=O) groups is 1. The summed E-state index contributed by atoms with van der Waals surface area (Å²) >= 11 is 0. The second kappa shape index (κ2) is 7.85. The molecule has 8 heteroatoms. The number of piperazine rings is 1. The number of hydrogen-bond donors (Lipinski definition) is 2. The summed E-state index contributed by atoms with van der Waals surface area (Å²) < 4.78 is 32.4. The van der Waals surface area contributed by atoms with Gasteiger partial charge in [-0.1, -0.05) is 0 Å². The van der Waals surface area contributed by atoms with Crippen molar-refractivity contribution in [3.63, 3.8) is 0 Å². The molecule has 2 N–H and O–H groups in total. The van der Waals surface area contributed by atoms with Gasteiger partial charge in [0.15, 0.2) is 0 Å². The molecule has 24 heavy (non-hydrogen) atoms. The smallest absolute Gasteiger partial charge is 0.241 e. The van der Waals surface area contributed by atoms with E-state index in [2.05, 4.69) is 10.0 Å². The maximum absolute atomic E-state index is 12.2. The normalized spacial score (nSPS) is 18.5. The first kappa shape index (κ1) is 18.5. The highest BCUT2D eigenvalue weighted by Gasteiger charge is 2.27. The molecule has 1 heterocycles. The zero-order chi connectivity index (χ0) is 17.7. The zero-order valence-corrected chi connectivity index (χ0v) is 15.1. The Hall–Kier alpha value is -1.80. The van der Waals surface area contributed by atoms with Crippen LogP contribution in [-0.4, -0.2) is 56.8 Å². The lowest BCUT2D eigenvalue weighted by Gasteiger charge is -2.33. The van der Waals surface area contributed by atoms with Gasteiger partial charge in [-0.2, -0.15) is 0 Å². The third kappa shape index (κ3) is 5.38. The number of sulfonamides is 1. The van der Waals surface area contributed by atoms with Crippen LogP contribution in [0.1, 0.15) is 20.8 Å². The maximum atomic E-state index is 12.2. The topological polar surface area (TPSA) is 87.7 Å². The molecule has 1 fully saturated rings. The largest absolute Gasteiger partial charge is 0.491 e. The summed E-state index contributed by atoms with van der Waals surface area (Å²) in [5.41, 5.74) is 0.410. The molecule has 0 aliphatic carbocycles. The lowest BCUT2D eigenvalue weighted by atomic mass is 10.2. The molecule has 1 atom stereocenters. The molecule has 2 rings (SSSR count).